The molecular weight excluding hydrogens is 468 g/mol. The van der Waals surface area contributed by atoms with Gasteiger partial charge in [-0.2, -0.15) is 4.72 Å². The number of sulfonamides is 1. The van der Waals surface area contributed by atoms with Gasteiger partial charge in [0.2, 0.25) is 0 Å². The fourth-order valence-corrected chi connectivity index (χ4v) is 5.64. The van der Waals surface area contributed by atoms with Crippen LogP contribution < -0.4 is 4.72 Å². The van der Waals surface area contributed by atoms with Crippen molar-refractivity contribution in [2.75, 3.05) is 0 Å². The average molecular weight is 485 g/mol. The van der Waals surface area contributed by atoms with E-state index in [9.17, 15) is 18.3 Å². The van der Waals surface area contributed by atoms with E-state index in [1.165, 1.54) is 6.07 Å². The Hall–Kier alpha value is -3.09. The molecular formula is C23H17ClN2O4S2. The standard InChI is InChI=1S/C23H17ClN2O4S2/c24-17-8-5-15(6-9-17)7-10-18-11-12-22(31-18)32(29,30)26-21(23(27)28)13-16-14-25-20-4-2-1-3-19(16)20/h1-6,8-9,11-12,14,21,25-26H,13H2,(H,27,28). The summed E-state index contributed by atoms with van der Waals surface area (Å²) in [6.45, 7) is 0. The van der Waals surface area contributed by atoms with E-state index in [0.29, 0.717) is 9.90 Å². The first-order valence-corrected chi connectivity index (χ1v) is 12.2. The molecule has 4 rings (SSSR count). The molecule has 0 spiro atoms. The number of H-pyrrole nitrogens is 1. The van der Waals surface area contributed by atoms with E-state index in [1.54, 1.807) is 36.5 Å². The van der Waals surface area contributed by atoms with Crippen molar-refractivity contribution in [2.45, 2.75) is 16.7 Å². The molecule has 1 unspecified atom stereocenters. The van der Waals surface area contributed by atoms with Crippen LogP contribution in [0.15, 0.2) is 71.1 Å². The first kappa shape index (κ1) is 22.1. The van der Waals surface area contributed by atoms with Crippen LogP contribution in [-0.4, -0.2) is 30.5 Å². The number of thiophene rings is 1. The van der Waals surface area contributed by atoms with Crippen LogP contribution in [0, 0.1) is 11.8 Å². The minimum absolute atomic E-state index is 0.00285. The highest BCUT2D eigenvalue weighted by Gasteiger charge is 2.27. The second kappa shape index (κ2) is 9.18. The van der Waals surface area contributed by atoms with Gasteiger partial charge in [0.05, 0.1) is 4.88 Å². The number of para-hydroxylation sites is 1. The van der Waals surface area contributed by atoms with Crippen LogP contribution in [0.2, 0.25) is 5.02 Å². The molecule has 0 fully saturated rings. The van der Waals surface area contributed by atoms with Gasteiger partial charge in [0.15, 0.2) is 0 Å². The summed E-state index contributed by atoms with van der Waals surface area (Å²) in [5.41, 5.74) is 2.32. The Morgan fingerprint density at radius 3 is 2.59 bits per heavy atom. The lowest BCUT2D eigenvalue weighted by Gasteiger charge is -2.13. The highest BCUT2D eigenvalue weighted by atomic mass is 35.5. The van der Waals surface area contributed by atoms with Gasteiger partial charge in [-0.15, -0.1) is 11.3 Å². The van der Waals surface area contributed by atoms with Gasteiger partial charge in [-0.05, 0) is 48.0 Å². The summed E-state index contributed by atoms with van der Waals surface area (Å²) in [5, 5.41) is 11.1. The van der Waals surface area contributed by atoms with Crippen LogP contribution in [0.4, 0.5) is 0 Å². The number of aliphatic carboxylic acids is 1. The molecule has 0 saturated heterocycles. The molecule has 0 bridgehead atoms. The fourth-order valence-electron chi connectivity index (χ4n) is 3.14. The molecule has 0 aliphatic heterocycles. The topological polar surface area (TPSA) is 99.3 Å². The number of carbonyl (C=O) groups is 1. The Morgan fingerprint density at radius 1 is 1.09 bits per heavy atom. The van der Waals surface area contributed by atoms with Crippen LogP contribution in [-0.2, 0) is 21.2 Å². The molecule has 0 aliphatic carbocycles. The summed E-state index contributed by atoms with van der Waals surface area (Å²) in [6, 6.07) is 16.1. The second-order valence-corrected chi connectivity index (χ2v) is 10.4. The zero-order valence-corrected chi connectivity index (χ0v) is 18.9. The summed E-state index contributed by atoms with van der Waals surface area (Å²) < 4.78 is 28.0. The number of carboxylic acids is 1. The maximum Gasteiger partial charge on any atom is 0.322 e. The highest BCUT2D eigenvalue weighted by Crippen LogP contribution is 2.23. The second-order valence-electron chi connectivity index (χ2n) is 6.95. The number of nitrogens with one attached hydrogen (secondary N) is 2. The van der Waals surface area contributed by atoms with Gasteiger partial charge in [0.25, 0.3) is 10.0 Å². The van der Waals surface area contributed by atoms with E-state index >= 15 is 0 Å². The Bertz CT molecular complexity index is 1440. The van der Waals surface area contributed by atoms with Crippen LogP contribution in [0.25, 0.3) is 10.9 Å². The monoisotopic (exact) mass is 484 g/mol. The van der Waals surface area contributed by atoms with Gasteiger partial charge in [0, 0.05) is 34.1 Å². The number of benzene rings is 2. The maximum atomic E-state index is 12.8. The number of carboxylic acid groups (broad SMARTS) is 1. The predicted octanol–water partition coefficient (Wildman–Crippen LogP) is 4.26. The number of aromatic amines is 1. The molecule has 32 heavy (non-hydrogen) atoms. The third kappa shape index (κ3) is 5.03. The number of fused-ring (bicyclic) bond motifs is 1. The number of hydrogen-bond acceptors (Lipinski definition) is 4. The van der Waals surface area contributed by atoms with E-state index in [1.807, 2.05) is 24.3 Å². The molecule has 0 amide bonds. The molecule has 2 heterocycles. The molecule has 0 saturated carbocycles. The van der Waals surface area contributed by atoms with E-state index in [0.717, 1.165) is 33.4 Å². The number of aromatic nitrogens is 1. The maximum absolute atomic E-state index is 12.8. The minimum atomic E-state index is -4.04. The molecule has 0 aliphatic rings. The van der Waals surface area contributed by atoms with Crippen molar-refractivity contribution in [1.82, 2.24) is 9.71 Å². The van der Waals surface area contributed by atoms with Crippen molar-refractivity contribution >= 4 is 49.8 Å². The Balaban J connectivity index is 1.52. The lowest BCUT2D eigenvalue weighted by molar-refractivity contribution is -0.138. The minimum Gasteiger partial charge on any atom is -0.480 e. The van der Waals surface area contributed by atoms with E-state index in [-0.39, 0.29) is 10.6 Å². The van der Waals surface area contributed by atoms with Gasteiger partial charge >= 0.3 is 5.97 Å². The number of hydrogen-bond donors (Lipinski definition) is 3. The number of halogens is 1. The first-order chi connectivity index (χ1) is 15.3. The molecule has 4 aromatic rings. The average Bonchev–Trinajstić information content (AvgIpc) is 3.41. The summed E-state index contributed by atoms with van der Waals surface area (Å²) in [4.78, 5) is 15.4. The quantitative estimate of drug-likeness (QED) is 0.356. The van der Waals surface area contributed by atoms with Crippen molar-refractivity contribution in [1.29, 1.82) is 0 Å². The van der Waals surface area contributed by atoms with Gasteiger partial charge in [0.1, 0.15) is 10.3 Å². The first-order valence-electron chi connectivity index (χ1n) is 9.49. The van der Waals surface area contributed by atoms with Crippen LogP contribution in [0.3, 0.4) is 0 Å². The Labute approximate surface area is 193 Å². The molecule has 3 N–H and O–H groups in total. The summed E-state index contributed by atoms with van der Waals surface area (Å²) in [5.74, 6) is 4.61. The molecule has 162 valence electrons. The zero-order chi connectivity index (χ0) is 22.7. The third-order valence-corrected chi connectivity index (χ3v) is 7.93. The van der Waals surface area contributed by atoms with Gasteiger partial charge in [-0.25, -0.2) is 8.42 Å². The van der Waals surface area contributed by atoms with Crippen molar-refractivity contribution in [3.63, 3.8) is 0 Å². The molecule has 6 nitrogen and oxygen atoms in total. The normalized spacial score (nSPS) is 12.3. The third-order valence-electron chi connectivity index (χ3n) is 4.71. The summed E-state index contributed by atoms with van der Waals surface area (Å²) >= 11 is 6.83. The summed E-state index contributed by atoms with van der Waals surface area (Å²) in [6.07, 6.45) is 1.71. The molecule has 0 radical (unpaired) electrons. The van der Waals surface area contributed by atoms with E-state index in [2.05, 4.69) is 21.5 Å². The number of rotatable bonds is 6. The predicted molar refractivity (Wildman–Crippen MR) is 125 cm³/mol. The Morgan fingerprint density at radius 2 is 1.84 bits per heavy atom. The smallest absolute Gasteiger partial charge is 0.322 e. The largest absolute Gasteiger partial charge is 0.480 e. The summed E-state index contributed by atoms with van der Waals surface area (Å²) in [7, 11) is -4.04. The highest BCUT2D eigenvalue weighted by molar-refractivity contribution is 7.91. The molecule has 2 aromatic carbocycles. The molecule has 9 heteroatoms. The van der Waals surface area contributed by atoms with Crippen molar-refractivity contribution in [2.24, 2.45) is 0 Å². The lowest BCUT2D eigenvalue weighted by atomic mass is 10.1. The molecule has 1 atom stereocenters. The Kier molecular flexibility index (Phi) is 6.35. The van der Waals surface area contributed by atoms with Gasteiger partial charge in [-0.1, -0.05) is 41.6 Å². The van der Waals surface area contributed by atoms with Crippen molar-refractivity contribution < 1.29 is 18.3 Å². The van der Waals surface area contributed by atoms with E-state index < -0.39 is 22.0 Å². The van der Waals surface area contributed by atoms with Crippen molar-refractivity contribution in [3.05, 3.63) is 87.9 Å². The van der Waals surface area contributed by atoms with Crippen LogP contribution >= 0.6 is 22.9 Å². The van der Waals surface area contributed by atoms with Gasteiger partial charge in [-0.3, -0.25) is 4.79 Å². The SMILES string of the molecule is O=C(O)C(Cc1c[nH]c2ccccc12)NS(=O)(=O)c1ccc(C#Cc2ccc(Cl)cc2)s1. The van der Waals surface area contributed by atoms with E-state index in [4.69, 9.17) is 11.6 Å². The van der Waals surface area contributed by atoms with Gasteiger partial charge < -0.3 is 10.1 Å². The lowest BCUT2D eigenvalue weighted by Crippen LogP contribution is -2.41. The fraction of sp³-hybridized carbons (Fsp3) is 0.0870. The van der Waals surface area contributed by atoms with Crippen molar-refractivity contribution in [3.8, 4) is 11.8 Å². The molecule has 2 aromatic heterocycles. The van der Waals surface area contributed by atoms with Crippen LogP contribution in [0.5, 0.6) is 0 Å². The zero-order valence-electron chi connectivity index (χ0n) is 16.5. The van der Waals surface area contributed by atoms with Crippen LogP contribution in [0.1, 0.15) is 16.0 Å².